The van der Waals surface area contributed by atoms with Crippen LogP contribution in [0.2, 0.25) is 0 Å². The molecule has 0 spiro atoms. The van der Waals surface area contributed by atoms with Crippen LogP contribution in [0, 0.1) is 23.2 Å². The predicted octanol–water partition coefficient (Wildman–Crippen LogP) is 5.66. The Morgan fingerprint density at radius 1 is 0.912 bits per heavy atom. The van der Waals surface area contributed by atoms with E-state index in [1.165, 1.54) is 38.5 Å². The Bertz CT molecular complexity index is 1040. The Kier molecular flexibility index (Phi) is 6.13. The molecule has 4 fully saturated rings. The number of ketones is 1. The molecule has 5 nitrogen and oxygen atoms in total. The Morgan fingerprint density at radius 3 is 2.03 bits per heavy atom. The number of hydrogen-bond donors (Lipinski definition) is 1. The number of rotatable bonds is 8. The zero-order chi connectivity index (χ0) is 23.9. The first kappa shape index (κ1) is 22.9. The van der Waals surface area contributed by atoms with Gasteiger partial charge in [-0.25, -0.2) is 0 Å². The molecule has 6 rings (SSSR count). The van der Waals surface area contributed by atoms with Gasteiger partial charge in [-0.1, -0.05) is 19.1 Å². The third-order valence-corrected chi connectivity index (χ3v) is 8.60. The second-order valence-electron chi connectivity index (χ2n) is 10.7. The molecule has 0 aliphatic heterocycles. The van der Waals surface area contributed by atoms with Crippen LogP contribution >= 0.6 is 0 Å². The number of ether oxygens (including phenoxy) is 2. The van der Waals surface area contributed by atoms with E-state index in [1.54, 1.807) is 56.7 Å². The first-order valence-electron chi connectivity index (χ1n) is 12.6. The Balaban J connectivity index is 1.31. The molecule has 2 aromatic rings. The number of carbonyl (C=O) groups is 2. The van der Waals surface area contributed by atoms with Crippen LogP contribution in [0.15, 0.2) is 42.5 Å². The summed E-state index contributed by atoms with van der Waals surface area (Å²) in [6, 6.07) is 12.3. The highest BCUT2D eigenvalue weighted by molar-refractivity contribution is 6.11. The third-order valence-electron chi connectivity index (χ3n) is 8.60. The molecule has 4 saturated carbocycles. The van der Waals surface area contributed by atoms with Crippen molar-refractivity contribution in [3.8, 4) is 11.5 Å². The van der Waals surface area contributed by atoms with Gasteiger partial charge in [0, 0.05) is 17.2 Å². The van der Waals surface area contributed by atoms with Crippen molar-refractivity contribution in [1.82, 2.24) is 5.32 Å². The van der Waals surface area contributed by atoms with Crippen LogP contribution in [0.25, 0.3) is 0 Å². The molecule has 0 unspecified atom stereocenters. The molecule has 0 aromatic heterocycles. The molecule has 1 N–H and O–H groups in total. The van der Waals surface area contributed by atoms with E-state index in [0.717, 1.165) is 24.2 Å². The van der Waals surface area contributed by atoms with Gasteiger partial charge in [0.1, 0.15) is 11.5 Å². The predicted molar refractivity (Wildman–Crippen MR) is 132 cm³/mol. The van der Waals surface area contributed by atoms with Gasteiger partial charge in [-0.05, 0) is 98.4 Å². The first-order chi connectivity index (χ1) is 16.4. The smallest absolute Gasteiger partial charge is 0.251 e. The summed E-state index contributed by atoms with van der Waals surface area (Å²) in [4.78, 5) is 26.3. The molecule has 0 heterocycles. The largest absolute Gasteiger partial charge is 0.497 e. The van der Waals surface area contributed by atoms with E-state index in [9.17, 15) is 9.59 Å². The SMILES string of the molecule is CC[C@@H](NC(=O)c1ccc(C(=O)c2cc(OC)ccc2OC)cc1)C12CC3CC(CC(C3)C1)C2. The van der Waals surface area contributed by atoms with Crippen molar-refractivity contribution in [2.75, 3.05) is 14.2 Å². The lowest BCUT2D eigenvalue weighted by atomic mass is 9.47. The average Bonchev–Trinajstić information content (AvgIpc) is 2.85. The van der Waals surface area contributed by atoms with E-state index in [4.69, 9.17) is 9.47 Å². The van der Waals surface area contributed by atoms with E-state index < -0.39 is 0 Å². The standard InChI is InChI=1S/C29H35NO4/c1-4-26(29-15-18-11-19(16-29)13-20(12-18)17-29)30-28(32)22-7-5-21(6-8-22)27(31)24-14-23(33-2)9-10-25(24)34-3/h5-10,14,18-20,26H,4,11-13,15-17H2,1-3H3,(H,30,32)/t18?,19?,20?,26-,29?/m1/s1. The summed E-state index contributed by atoms with van der Waals surface area (Å²) in [7, 11) is 3.11. The van der Waals surface area contributed by atoms with Gasteiger partial charge in [0.05, 0.1) is 19.8 Å². The lowest BCUT2D eigenvalue weighted by Crippen LogP contribution is -2.56. The van der Waals surface area contributed by atoms with Crippen LogP contribution in [0.3, 0.4) is 0 Å². The van der Waals surface area contributed by atoms with E-state index in [0.29, 0.717) is 28.2 Å². The second kappa shape index (κ2) is 9.09. The van der Waals surface area contributed by atoms with Gasteiger partial charge in [-0.15, -0.1) is 0 Å². The van der Waals surface area contributed by atoms with E-state index in [1.807, 2.05) is 0 Å². The maximum Gasteiger partial charge on any atom is 0.251 e. The molecule has 4 aliphatic rings. The highest BCUT2D eigenvalue weighted by Gasteiger charge is 2.54. The van der Waals surface area contributed by atoms with Crippen LogP contribution in [0.1, 0.15) is 78.1 Å². The maximum absolute atomic E-state index is 13.2. The molecular formula is C29H35NO4. The van der Waals surface area contributed by atoms with Gasteiger partial charge in [-0.2, -0.15) is 0 Å². The Labute approximate surface area is 202 Å². The van der Waals surface area contributed by atoms with Crippen LogP contribution in [0.4, 0.5) is 0 Å². The highest BCUT2D eigenvalue weighted by Crippen LogP contribution is 2.61. The number of benzene rings is 2. The molecular weight excluding hydrogens is 426 g/mol. The molecule has 4 aliphatic carbocycles. The summed E-state index contributed by atoms with van der Waals surface area (Å²) in [5.74, 6) is 3.45. The molecule has 5 heteroatoms. The number of hydrogen-bond acceptors (Lipinski definition) is 4. The van der Waals surface area contributed by atoms with Gasteiger partial charge in [0.25, 0.3) is 5.91 Å². The van der Waals surface area contributed by atoms with Crippen molar-refractivity contribution >= 4 is 11.7 Å². The lowest BCUT2D eigenvalue weighted by molar-refractivity contribution is -0.0727. The number of nitrogens with one attached hydrogen (secondary N) is 1. The minimum Gasteiger partial charge on any atom is -0.497 e. The summed E-state index contributed by atoms with van der Waals surface area (Å²) in [6.45, 7) is 2.20. The summed E-state index contributed by atoms with van der Waals surface area (Å²) in [6.07, 6.45) is 8.98. The van der Waals surface area contributed by atoms with E-state index in [-0.39, 0.29) is 23.1 Å². The highest BCUT2D eigenvalue weighted by atomic mass is 16.5. The Morgan fingerprint density at radius 2 is 1.50 bits per heavy atom. The summed E-state index contributed by atoms with van der Waals surface area (Å²) >= 11 is 0. The number of amides is 1. The number of methoxy groups -OCH3 is 2. The minimum atomic E-state index is -0.164. The maximum atomic E-state index is 13.2. The fourth-order valence-corrected chi connectivity index (χ4v) is 7.45. The average molecular weight is 462 g/mol. The van der Waals surface area contributed by atoms with Crippen molar-refractivity contribution in [3.63, 3.8) is 0 Å². The minimum absolute atomic E-state index is 0.0412. The summed E-state index contributed by atoms with van der Waals surface area (Å²) in [5.41, 5.74) is 1.82. The zero-order valence-corrected chi connectivity index (χ0v) is 20.4. The van der Waals surface area contributed by atoms with Crippen LogP contribution in [0.5, 0.6) is 11.5 Å². The normalized spacial score (nSPS) is 27.8. The molecule has 4 bridgehead atoms. The van der Waals surface area contributed by atoms with Crippen molar-refractivity contribution < 1.29 is 19.1 Å². The third kappa shape index (κ3) is 4.10. The zero-order valence-electron chi connectivity index (χ0n) is 20.4. The molecule has 0 saturated heterocycles. The monoisotopic (exact) mass is 461 g/mol. The van der Waals surface area contributed by atoms with Gasteiger partial charge in [0.15, 0.2) is 5.78 Å². The van der Waals surface area contributed by atoms with Gasteiger partial charge < -0.3 is 14.8 Å². The summed E-state index contributed by atoms with van der Waals surface area (Å²) < 4.78 is 10.6. The van der Waals surface area contributed by atoms with Crippen LogP contribution in [-0.2, 0) is 0 Å². The summed E-state index contributed by atoms with van der Waals surface area (Å²) in [5, 5.41) is 3.39. The van der Waals surface area contributed by atoms with Crippen molar-refractivity contribution in [3.05, 3.63) is 59.2 Å². The van der Waals surface area contributed by atoms with Gasteiger partial charge >= 0.3 is 0 Å². The quantitative estimate of drug-likeness (QED) is 0.515. The van der Waals surface area contributed by atoms with Crippen LogP contribution in [-0.4, -0.2) is 32.0 Å². The van der Waals surface area contributed by atoms with Gasteiger partial charge in [-0.3, -0.25) is 9.59 Å². The van der Waals surface area contributed by atoms with Crippen molar-refractivity contribution in [2.45, 2.75) is 57.9 Å². The fourth-order valence-electron chi connectivity index (χ4n) is 7.45. The second-order valence-corrected chi connectivity index (χ2v) is 10.7. The lowest BCUT2D eigenvalue weighted by Gasteiger charge is -2.59. The fraction of sp³-hybridized carbons (Fsp3) is 0.517. The molecule has 180 valence electrons. The van der Waals surface area contributed by atoms with Crippen LogP contribution < -0.4 is 14.8 Å². The van der Waals surface area contributed by atoms with Crippen molar-refractivity contribution in [2.24, 2.45) is 23.2 Å². The molecule has 2 aromatic carbocycles. The molecule has 34 heavy (non-hydrogen) atoms. The van der Waals surface area contributed by atoms with E-state index in [2.05, 4.69) is 12.2 Å². The number of carbonyl (C=O) groups excluding carboxylic acids is 2. The van der Waals surface area contributed by atoms with Gasteiger partial charge in [0.2, 0.25) is 0 Å². The molecule has 1 amide bonds. The molecule has 0 radical (unpaired) electrons. The first-order valence-corrected chi connectivity index (χ1v) is 12.6. The molecule has 1 atom stereocenters. The topological polar surface area (TPSA) is 64.6 Å². The Hall–Kier alpha value is -2.82. The van der Waals surface area contributed by atoms with E-state index >= 15 is 0 Å². The van der Waals surface area contributed by atoms with Crippen molar-refractivity contribution in [1.29, 1.82) is 0 Å².